The van der Waals surface area contributed by atoms with Gasteiger partial charge >= 0.3 is 6.18 Å². The summed E-state index contributed by atoms with van der Waals surface area (Å²) in [7, 11) is 0. The normalized spacial score (nSPS) is 11.5. The smallest absolute Gasteiger partial charge is 0.422 e. The zero-order chi connectivity index (χ0) is 16.7. The molecular weight excluding hydrogens is 327 g/mol. The number of hydrogen-bond donors (Lipinski definition) is 1. The lowest BCUT2D eigenvalue weighted by Crippen LogP contribution is -2.19. The van der Waals surface area contributed by atoms with Crippen molar-refractivity contribution in [2.45, 2.75) is 26.2 Å². The van der Waals surface area contributed by atoms with E-state index < -0.39 is 12.8 Å². The molecule has 0 saturated heterocycles. The average molecular weight is 345 g/mol. The Hall–Kier alpha value is -1.73. The minimum Gasteiger partial charge on any atom is -0.490 e. The molecule has 0 fully saturated rings. The van der Waals surface area contributed by atoms with Gasteiger partial charge in [0, 0.05) is 13.1 Å². The van der Waals surface area contributed by atoms with Gasteiger partial charge in [0.2, 0.25) is 0 Å². The van der Waals surface area contributed by atoms with Crippen molar-refractivity contribution in [1.82, 2.24) is 5.32 Å². The lowest BCUT2D eigenvalue weighted by Gasteiger charge is -2.14. The van der Waals surface area contributed by atoms with Gasteiger partial charge in [0.1, 0.15) is 0 Å². The van der Waals surface area contributed by atoms with E-state index >= 15 is 0 Å². The summed E-state index contributed by atoms with van der Waals surface area (Å²) in [5.74, 6) is 0.428. The summed E-state index contributed by atoms with van der Waals surface area (Å²) in [4.78, 5) is 0. The first-order valence-corrected chi connectivity index (χ1v) is 8.09. The molecule has 0 spiro atoms. The third-order valence-corrected chi connectivity index (χ3v) is 3.67. The van der Waals surface area contributed by atoms with Crippen LogP contribution in [0, 0.1) is 0 Å². The van der Waals surface area contributed by atoms with Crippen LogP contribution in [0.25, 0.3) is 0 Å². The summed E-state index contributed by atoms with van der Waals surface area (Å²) in [5.41, 5.74) is 2.12. The first-order valence-electron chi connectivity index (χ1n) is 7.15. The van der Waals surface area contributed by atoms with Crippen LogP contribution in [0.5, 0.6) is 11.5 Å². The molecular formula is C16H18F3NO2S. The predicted molar refractivity (Wildman–Crippen MR) is 84.0 cm³/mol. The molecule has 0 unspecified atom stereocenters. The second-order valence-electron chi connectivity index (χ2n) is 4.85. The van der Waals surface area contributed by atoms with E-state index in [1.54, 1.807) is 30.4 Å². The number of nitrogens with one attached hydrogen (secondary N) is 1. The van der Waals surface area contributed by atoms with E-state index in [4.69, 9.17) is 9.47 Å². The van der Waals surface area contributed by atoms with Crippen molar-refractivity contribution in [3.63, 3.8) is 0 Å². The van der Waals surface area contributed by atoms with E-state index in [2.05, 4.69) is 10.7 Å². The van der Waals surface area contributed by atoms with Crippen molar-refractivity contribution in [2.75, 3.05) is 13.2 Å². The van der Waals surface area contributed by atoms with E-state index in [1.165, 1.54) is 11.6 Å². The van der Waals surface area contributed by atoms with Gasteiger partial charge in [-0.2, -0.15) is 24.5 Å². The monoisotopic (exact) mass is 345 g/mol. The van der Waals surface area contributed by atoms with Crippen molar-refractivity contribution in [3.05, 3.63) is 46.2 Å². The van der Waals surface area contributed by atoms with Crippen LogP contribution >= 0.6 is 11.3 Å². The van der Waals surface area contributed by atoms with Gasteiger partial charge in [0.25, 0.3) is 0 Å². The van der Waals surface area contributed by atoms with E-state index in [9.17, 15) is 13.2 Å². The molecule has 0 atom stereocenters. The second kappa shape index (κ2) is 8.21. The lowest BCUT2D eigenvalue weighted by molar-refractivity contribution is -0.153. The molecule has 126 valence electrons. The lowest BCUT2D eigenvalue weighted by atomic mass is 10.2. The second-order valence-corrected chi connectivity index (χ2v) is 5.63. The highest BCUT2D eigenvalue weighted by atomic mass is 32.1. The van der Waals surface area contributed by atoms with Crippen molar-refractivity contribution < 1.29 is 22.6 Å². The third-order valence-electron chi connectivity index (χ3n) is 2.94. The number of thiophene rings is 1. The summed E-state index contributed by atoms with van der Waals surface area (Å²) in [5, 5.41) is 7.35. The van der Waals surface area contributed by atoms with Crippen LogP contribution in [0.1, 0.15) is 18.1 Å². The molecule has 0 aliphatic heterocycles. The van der Waals surface area contributed by atoms with Gasteiger partial charge in [-0.15, -0.1) is 0 Å². The molecule has 1 N–H and O–H groups in total. The first-order chi connectivity index (χ1) is 11.0. The zero-order valence-corrected chi connectivity index (χ0v) is 13.5. The number of alkyl halides is 3. The van der Waals surface area contributed by atoms with Crippen LogP contribution in [0.15, 0.2) is 35.0 Å². The Morgan fingerprint density at radius 2 is 1.83 bits per heavy atom. The van der Waals surface area contributed by atoms with Crippen molar-refractivity contribution in [1.29, 1.82) is 0 Å². The molecule has 7 heteroatoms. The van der Waals surface area contributed by atoms with Gasteiger partial charge in [-0.25, -0.2) is 0 Å². The van der Waals surface area contributed by atoms with E-state index in [-0.39, 0.29) is 5.75 Å². The standard InChI is InChI=1S/C16H18F3NO2S/c1-2-21-15-7-12(8-20-9-13-5-6-23-10-13)3-4-14(15)22-11-16(17,18)19/h3-7,10,20H,2,8-9,11H2,1H3. The number of halogens is 3. The van der Waals surface area contributed by atoms with Crippen LogP contribution in [0.3, 0.4) is 0 Å². The SMILES string of the molecule is CCOc1cc(CNCc2ccsc2)ccc1OCC(F)(F)F. The molecule has 1 aromatic heterocycles. The number of benzene rings is 1. The van der Waals surface area contributed by atoms with Gasteiger partial charge in [0.05, 0.1) is 6.61 Å². The van der Waals surface area contributed by atoms with Crippen molar-refractivity contribution >= 4 is 11.3 Å². The Kier molecular flexibility index (Phi) is 6.29. The quantitative estimate of drug-likeness (QED) is 0.770. The Bertz CT molecular complexity index is 600. The number of ether oxygens (including phenoxy) is 2. The molecule has 0 aliphatic rings. The maximum absolute atomic E-state index is 12.3. The van der Waals surface area contributed by atoms with Crippen LogP contribution in [-0.4, -0.2) is 19.4 Å². The van der Waals surface area contributed by atoms with Gasteiger partial charge in [0.15, 0.2) is 18.1 Å². The summed E-state index contributed by atoms with van der Waals surface area (Å²) < 4.78 is 47.0. The molecule has 2 rings (SSSR count). The first kappa shape index (κ1) is 17.6. The van der Waals surface area contributed by atoms with Gasteiger partial charge in [-0.1, -0.05) is 6.07 Å². The Morgan fingerprint density at radius 3 is 2.48 bits per heavy atom. The summed E-state index contributed by atoms with van der Waals surface area (Å²) in [6.07, 6.45) is -4.37. The summed E-state index contributed by atoms with van der Waals surface area (Å²) in [6, 6.07) is 6.99. The Balaban J connectivity index is 1.96. The van der Waals surface area contributed by atoms with Crippen LogP contribution < -0.4 is 14.8 Å². The van der Waals surface area contributed by atoms with Crippen LogP contribution in [-0.2, 0) is 13.1 Å². The summed E-state index contributed by atoms with van der Waals surface area (Å²) >= 11 is 1.64. The molecule has 0 aliphatic carbocycles. The molecule has 0 bridgehead atoms. The fourth-order valence-corrected chi connectivity index (χ4v) is 2.62. The highest BCUT2D eigenvalue weighted by Gasteiger charge is 2.29. The number of rotatable bonds is 8. The van der Waals surface area contributed by atoms with Gasteiger partial charge in [-0.3, -0.25) is 0 Å². The van der Waals surface area contributed by atoms with Crippen molar-refractivity contribution in [3.8, 4) is 11.5 Å². The largest absolute Gasteiger partial charge is 0.490 e. The molecule has 0 radical (unpaired) electrons. The Labute approximate surface area is 137 Å². The number of hydrogen-bond acceptors (Lipinski definition) is 4. The zero-order valence-electron chi connectivity index (χ0n) is 12.7. The highest BCUT2D eigenvalue weighted by molar-refractivity contribution is 7.07. The maximum Gasteiger partial charge on any atom is 0.422 e. The fraction of sp³-hybridized carbons (Fsp3) is 0.375. The van der Waals surface area contributed by atoms with E-state index in [0.29, 0.717) is 18.9 Å². The minimum absolute atomic E-state index is 0.103. The predicted octanol–water partition coefficient (Wildman–Crippen LogP) is 4.38. The van der Waals surface area contributed by atoms with Crippen molar-refractivity contribution in [2.24, 2.45) is 0 Å². The fourth-order valence-electron chi connectivity index (χ4n) is 1.95. The molecule has 1 heterocycles. The molecule has 3 nitrogen and oxygen atoms in total. The average Bonchev–Trinajstić information content (AvgIpc) is 2.99. The molecule has 2 aromatic rings. The molecule has 0 amide bonds. The van der Waals surface area contributed by atoms with E-state index in [0.717, 1.165) is 12.1 Å². The third kappa shape index (κ3) is 6.11. The van der Waals surface area contributed by atoms with Crippen LogP contribution in [0.2, 0.25) is 0 Å². The van der Waals surface area contributed by atoms with E-state index in [1.807, 2.05) is 11.4 Å². The Morgan fingerprint density at radius 1 is 1.04 bits per heavy atom. The summed E-state index contributed by atoms with van der Waals surface area (Å²) in [6.45, 7) is 2.13. The van der Waals surface area contributed by atoms with Crippen LogP contribution in [0.4, 0.5) is 13.2 Å². The molecule has 1 aromatic carbocycles. The minimum atomic E-state index is -4.37. The topological polar surface area (TPSA) is 30.5 Å². The molecule has 23 heavy (non-hydrogen) atoms. The highest BCUT2D eigenvalue weighted by Crippen LogP contribution is 2.30. The van der Waals surface area contributed by atoms with Gasteiger partial charge < -0.3 is 14.8 Å². The van der Waals surface area contributed by atoms with Gasteiger partial charge in [-0.05, 0) is 47.0 Å². The molecule has 0 saturated carbocycles. The maximum atomic E-state index is 12.3.